The smallest absolute Gasteiger partial charge is 0.321 e. The number of aryl methyl sites for hydroxylation is 1. The van der Waals surface area contributed by atoms with Crippen molar-refractivity contribution in [2.45, 2.75) is 19.9 Å². The predicted octanol–water partition coefficient (Wildman–Crippen LogP) is 3.48. The van der Waals surface area contributed by atoms with E-state index in [0.717, 1.165) is 28.9 Å². The van der Waals surface area contributed by atoms with E-state index in [0.29, 0.717) is 12.1 Å². The van der Waals surface area contributed by atoms with Crippen LogP contribution in [0, 0.1) is 0 Å². The van der Waals surface area contributed by atoms with Crippen LogP contribution >= 0.6 is 0 Å². The summed E-state index contributed by atoms with van der Waals surface area (Å²) in [5, 5.41) is 5.75. The highest BCUT2D eigenvalue weighted by Crippen LogP contribution is 2.26. The number of nitrogens with one attached hydrogen (secondary N) is 2. The third-order valence-electron chi connectivity index (χ3n) is 4.00. The van der Waals surface area contributed by atoms with Crippen LogP contribution in [0.25, 0.3) is 0 Å². The van der Waals surface area contributed by atoms with E-state index in [1.165, 1.54) is 0 Å². The molecule has 0 saturated heterocycles. The van der Waals surface area contributed by atoms with Crippen LogP contribution in [0.15, 0.2) is 42.5 Å². The molecule has 0 radical (unpaired) electrons. The zero-order valence-electron chi connectivity index (χ0n) is 13.2. The van der Waals surface area contributed by atoms with Crippen molar-refractivity contribution in [1.29, 1.82) is 0 Å². The summed E-state index contributed by atoms with van der Waals surface area (Å²) >= 11 is 0. The molecule has 0 aromatic heterocycles. The van der Waals surface area contributed by atoms with E-state index < -0.39 is 0 Å². The summed E-state index contributed by atoms with van der Waals surface area (Å²) in [5.74, 6) is -0.115. The van der Waals surface area contributed by atoms with Gasteiger partial charge >= 0.3 is 6.03 Å². The van der Waals surface area contributed by atoms with Crippen LogP contribution in [0.5, 0.6) is 0 Å². The fourth-order valence-electron chi connectivity index (χ4n) is 2.71. The monoisotopic (exact) mass is 309 g/mol. The Morgan fingerprint density at radius 1 is 1.26 bits per heavy atom. The van der Waals surface area contributed by atoms with Crippen LogP contribution in [-0.4, -0.2) is 23.9 Å². The molecule has 1 aliphatic rings. The summed E-state index contributed by atoms with van der Waals surface area (Å²) < 4.78 is 0. The maximum Gasteiger partial charge on any atom is 0.321 e. The Labute approximate surface area is 135 Å². The van der Waals surface area contributed by atoms with Crippen LogP contribution in [0.4, 0.5) is 16.2 Å². The molecule has 0 fully saturated rings. The molecule has 0 bridgehead atoms. The van der Waals surface area contributed by atoms with Gasteiger partial charge in [-0.25, -0.2) is 4.79 Å². The van der Waals surface area contributed by atoms with Crippen molar-refractivity contribution in [2.24, 2.45) is 0 Å². The largest absolute Gasteiger partial charge is 0.323 e. The molecular formula is C18H19N3O2. The zero-order valence-corrected chi connectivity index (χ0v) is 13.2. The number of amides is 3. The quantitative estimate of drug-likeness (QED) is 0.912. The Bertz CT molecular complexity index is 771. The number of anilines is 2. The van der Waals surface area contributed by atoms with Gasteiger partial charge in [0, 0.05) is 30.5 Å². The molecular weight excluding hydrogens is 290 g/mol. The third kappa shape index (κ3) is 3.04. The second kappa shape index (κ2) is 6.12. The summed E-state index contributed by atoms with van der Waals surface area (Å²) in [6.07, 6.45) is 0.810. The van der Waals surface area contributed by atoms with Gasteiger partial charge in [-0.2, -0.15) is 0 Å². The fourth-order valence-corrected chi connectivity index (χ4v) is 2.71. The summed E-state index contributed by atoms with van der Waals surface area (Å²) in [6, 6.07) is 13.0. The minimum Gasteiger partial charge on any atom is -0.323 e. The zero-order chi connectivity index (χ0) is 16.4. The van der Waals surface area contributed by atoms with E-state index in [-0.39, 0.29) is 11.9 Å². The first-order valence-electron chi connectivity index (χ1n) is 7.62. The fraction of sp³-hybridized carbons (Fsp3) is 0.222. The van der Waals surface area contributed by atoms with Gasteiger partial charge in [-0.15, -0.1) is 0 Å². The molecule has 0 spiro atoms. The lowest BCUT2D eigenvalue weighted by molar-refractivity contribution is 0.102. The number of benzene rings is 2. The summed E-state index contributed by atoms with van der Waals surface area (Å²) in [6.45, 7) is 2.56. The minimum atomic E-state index is -0.119. The highest BCUT2D eigenvalue weighted by molar-refractivity contribution is 6.05. The number of hydrogen-bond acceptors (Lipinski definition) is 2. The number of fused-ring (bicyclic) bond motifs is 1. The molecule has 2 N–H and O–H groups in total. The van der Waals surface area contributed by atoms with E-state index in [9.17, 15) is 9.59 Å². The van der Waals surface area contributed by atoms with Gasteiger partial charge in [-0.1, -0.05) is 25.1 Å². The molecule has 5 nitrogen and oxygen atoms in total. The van der Waals surface area contributed by atoms with Crippen LogP contribution in [0.3, 0.4) is 0 Å². The highest BCUT2D eigenvalue weighted by Gasteiger charge is 2.19. The normalized spacial score (nSPS) is 13.3. The van der Waals surface area contributed by atoms with Crippen molar-refractivity contribution >= 4 is 23.3 Å². The van der Waals surface area contributed by atoms with Gasteiger partial charge in [0.25, 0.3) is 5.91 Å². The lowest BCUT2D eigenvalue weighted by Gasteiger charge is -2.26. The highest BCUT2D eigenvalue weighted by atomic mass is 16.2. The number of rotatable bonds is 3. The molecule has 1 aliphatic heterocycles. The van der Waals surface area contributed by atoms with Gasteiger partial charge in [0.05, 0.1) is 0 Å². The Balaban J connectivity index is 1.82. The standard InChI is InChI=1S/C18H19N3O2/c1-3-12-6-4-5-7-15(12)17(22)19-14-8-9-16-13(10-14)11-21(2)18(23)20-16/h4-10H,3,11H2,1-2H3,(H,19,22)(H,20,23). The Kier molecular flexibility index (Phi) is 4.02. The third-order valence-corrected chi connectivity index (χ3v) is 4.00. The molecule has 5 heteroatoms. The van der Waals surface area contributed by atoms with Crippen molar-refractivity contribution in [1.82, 2.24) is 4.90 Å². The summed E-state index contributed by atoms with van der Waals surface area (Å²) in [7, 11) is 1.74. The lowest BCUT2D eigenvalue weighted by Crippen LogP contribution is -2.35. The van der Waals surface area contributed by atoms with Crippen molar-refractivity contribution in [3.8, 4) is 0 Å². The van der Waals surface area contributed by atoms with Gasteiger partial charge in [0.1, 0.15) is 0 Å². The molecule has 2 aromatic rings. The molecule has 0 aliphatic carbocycles. The van der Waals surface area contributed by atoms with Gasteiger partial charge in [-0.3, -0.25) is 4.79 Å². The van der Waals surface area contributed by atoms with Crippen LogP contribution in [0.1, 0.15) is 28.4 Å². The second-order valence-corrected chi connectivity index (χ2v) is 5.62. The first-order valence-corrected chi connectivity index (χ1v) is 7.62. The van der Waals surface area contributed by atoms with Crippen LogP contribution in [0.2, 0.25) is 0 Å². The Morgan fingerprint density at radius 3 is 2.83 bits per heavy atom. The van der Waals surface area contributed by atoms with E-state index in [4.69, 9.17) is 0 Å². The maximum absolute atomic E-state index is 12.5. The topological polar surface area (TPSA) is 61.4 Å². The SMILES string of the molecule is CCc1ccccc1C(=O)Nc1ccc2c(c1)CN(C)C(=O)N2. The number of nitrogens with zero attached hydrogens (tertiary/aromatic N) is 1. The first-order chi connectivity index (χ1) is 11.1. The van der Waals surface area contributed by atoms with Crippen molar-refractivity contribution < 1.29 is 9.59 Å². The molecule has 23 heavy (non-hydrogen) atoms. The van der Waals surface area contributed by atoms with E-state index in [2.05, 4.69) is 10.6 Å². The number of hydrogen-bond donors (Lipinski definition) is 2. The number of carbonyl (C=O) groups is 2. The van der Waals surface area contributed by atoms with Crippen molar-refractivity contribution in [3.63, 3.8) is 0 Å². The number of carbonyl (C=O) groups excluding carboxylic acids is 2. The minimum absolute atomic E-state index is 0.115. The molecule has 3 amide bonds. The molecule has 3 rings (SSSR count). The van der Waals surface area contributed by atoms with E-state index in [1.54, 1.807) is 18.0 Å². The van der Waals surface area contributed by atoms with Gasteiger partial charge in [0.2, 0.25) is 0 Å². The molecule has 0 saturated carbocycles. The lowest BCUT2D eigenvalue weighted by atomic mass is 10.0. The molecule has 118 valence electrons. The van der Waals surface area contributed by atoms with Crippen molar-refractivity contribution in [2.75, 3.05) is 17.7 Å². The number of urea groups is 1. The maximum atomic E-state index is 12.5. The van der Waals surface area contributed by atoms with Crippen molar-refractivity contribution in [3.05, 3.63) is 59.2 Å². The first kappa shape index (κ1) is 15.1. The predicted molar refractivity (Wildman–Crippen MR) is 90.7 cm³/mol. The Hall–Kier alpha value is -2.82. The molecule has 0 unspecified atom stereocenters. The van der Waals surface area contributed by atoms with Gasteiger partial charge < -0.3 is 15.5 Å². The van der Waals surface area contributed by atoms with Gasteiger partial charge in [-0.05, 0) is 41.8 Å². The summed E-state index contributed by atoms with van der Waals surface area (Å²) in [4.78, 5) is 25.7. The average Bonchev–Trinajstić information content (AvgIpc) is 2.56. The van der Waals surface area contributed by atoms with Gasteiger partial charge in [0.15, 0.2) is 0 Å². The van der Waals surface area contributed by atoms with E-state index >= 15 is 0 Å². The Morgan fingerprint density at radius 2 is 2.04 bits per heavy atom. The second-order valence-electron chi connectivity index (χ2n) is 5.62. The van der Waals surface area contributed by atoms with E-state index in [1.807, 2.05) is 43.3 Å². The summed E-state index contributed by atoms with van der Waals surface area (Å²) in [5.41, 5.74) is 4.21. The molecule has 1 heterocycles. The van der Waals surface area contributed by atoms with Crippen LogP contribution < -0.4 is 10.6 Å². The molecule has 0 atom stereocenters. The van der Waals surface area contributed by atoms with Crippen LogP contribution in [-0.2, 0) is 13.0 Å². The average molecular weight is 309 g/mol. The molecule has 2 aromatic carbocycles.